The monoisotopic (exact) mass is 267 g/mol. The number of carbonyl (C=O) groups excluding carboxylic acids is 1. The van der Waals surface area contributed by atoms with Gasteiger partial charge in [-0.2, -0.15) is 11.8 Å². The number of nitrogens with two attached hydrogens (primary N) is 1. The Kier molecular flexibility index (Phi) is 6.01. The number of hydrogen-bond donors (Lipinski definition) is 3. The van der Waals surface area contributed by atoms with E-state index in [1.807, 2.05) is 37.7 Å². The second-order valence-electron chi connectivity index (χ2n) is 4.21. The lowest BCUT2D eigenvalue weighted by Crippen LogP contribution is -2.34. The third kappa shape index (κ3) is 4.23. The number of benzene rings is 1. The number of rotatable bonds is 6. The Balaban J connectivity index is 2.64. The molecule has 0 fully saturated rings. The SMILES string of the molecule is CCSCC(C)NC(=O)c1ccc(NN)c(C)c1. The number of thioether (sulfide) groups is 1. The minimum atomic E-state index is -0.0362. The van der Waals surface area contributed by atoms with Crippen LogP contribution in [0.1, 0.15) is 29.8 Å². The van der Waals surface area contributed by atoms with Crippen LogP contribution >= 0.6 is 11.8 Å². The molecule has 1 aromatic rings. The molecule has 1 atom stereocenters. The first-order chi connectivity index (χ1) is 8.58. The van der Waals surface area contributed by atoms with E-state index in [0.717, 1.165) is 22.8 Å². The van der Waals surface area contributed by atoms with E-state index >= 15 is 0 Å². The maximum atomic E-state index is 12.0. The summed E-state index contributed by atoms with van der Waals surface area (Å²) < 4.78 is 0. The van der Waals surface area contributed by atoms with E-state index in [0.29, 0.717) is 5.56 Å². The minimum absolute atomic E-state index is 0.0362. The van der Waals surface area contributed by atoms with Crippen LogP contribution in [-0.4, -0.2) is 23.5 Å². The molecule has 1 amide bonds. The van der Waals surface area contributed by atoms with Gasteiger partial charge in [0.05, 0.1) is 5.69 Å². The van der Waals surface area contributed by atoms with Gasteiger partial charge in [0, 0.05) is 17.4 Å². The number of hydrogen-bond acceptors (Lipinski definition) is 4. The molecule has 0 aromatic heterocycles. The number of hydrazine groups is 1. The number of anilines is 1. The average Bonchev–Trinajstić information content (AvgIpc) is 2.36. The lowest BCUT2D eigenvalue weighted by molar-refractivity contribution is 0.0943. The van der Waals surface area contributed by atoms with Gasteiger partial charge in [0.1, 0.15) is 0 Å². The van der Waals surface area contributed by atoms with Gasteiger partial charge in [-0.1, -0.05) is 6.92 Å². The predicted octanol–water partition coefficient (Wildman–Crippen LogP) is 2.15. The van der Waals surface area contributed by atoms with Crippen LogP contribution in [0.2, 0.25) is 0 Å². The molecule has 0 bridgehead atoms. The van der Waals surface area contributed by atoms with Gasteiger partial charge in [0.15, 0.2) is 0 Å². The lowest BCUT2D eigenvalue weighted by Gasteiger charge is -2.14. The zero-order valence-corrected chi connectivity index (χ0v) is 11.9. The maximum absolute atomic E-state index is 12.0. The Bertz CT molecular complexity index is 409. The molecule has 0 spiro atoms. The van der Waals surface area contributed by atoms with Crippen LogP contribution < -0.4 is 16.6 Å². The molecule has 1 unspecified atom stereocenters. The van der Waals surface area contributed by atoms with Gasteiger partial charge < -0.3 is 10.7 Å². The molecule has 0 aliphatic rings. The molecule has 0 saturated carbocycles. The second kappa shape index (κ2) is 7.28. The Hall–Kier alpha value is -1.20. The van der Waals surface area contributed by atoms with Crippen LogP contribution in [0.3, 0.4) is 0 Å². The summed E-state index contributed by atoms with van der Waals surface area (Å²) in [5, 5.41) is 2.98. The van der Waals surface area contributed by atoms with Crippen molar-refractivity contribution in [3.63, 3.8) is 0 Å². The molecule has 0 saturated heterocycles. The number of nitrogens with one attached hydrogen (secondary N) is 2. The van der Waals surface area contributed by atoms with Gasteiger partial charge in [-0.25, -0.2) is 0 Å². The lowest BCUT2D eigenvalue weighted by atomic mass is 10.1. The van der Waals surface area contributed by atoms with Gasteiger partial charge in [0.2, 0.25) is 0 Å². The predicted molar refractivity (Wildman–Crippen MR) is 78.9 cm³/mol. The Morgan fingerprint density at radius 1 is 1.50 bits per heavy atom. The molecule has 0 heterocycles. The van der Waals surface area contributed by atoms with Crippen LogP contribution in [0, 0.1) is 6.92 Å². The Labute approximate surface area is 113 Å². The standard InChI is InChI=1S/C13H21N3OS/c1-4-18-8-10(3)15-13(17)11-5-6-12(16-14)9(2)7-11/h5-7,10,16H,4,8,14H2,1-3H3,(H,15,17). The molecule has 4 N–H and O–H groups in total. The van der Waals surface area contributed by atoms with Crippen molar-refractivity contribution in [2.45, 2.75) is 26.8 Å². The van der Waals surface area contributed by atoms with Crippen LogP contribution in [0.4, 0.5) is 5.69 Å². The van der Waals surface area contributed by atoms with Gasteiger partial charge in [-0.05, 0) is 43.4 Å². The average molecular weight is 267 g/mol. The van der Waals surface area contributed by atoms with Gasteiger partial charge in [-0.15, -0.1) is 0 Å². The fraction of sp³-hybridized carbons (Fsp3) is 0.462. The summed E-state index contributed by atoms with van der Waals surface area (Å²) in [5.74, 6) is 7.32. The smallest absolute Gasteiger partial charge is 0.251 e. The highest BCUT2D eigenvalue weighted by atomic mass is 32.2. The van der Waals surface area contributed by atoms with Crippen LogP contribution in [0.5, 0.6) is 0 Å². The molecule has 0 aliphatic heterocycles. The van der Waals surface area contributed by atoms with Crippen molar-refractivity contribution in [1.29, 1.82) is 0 Å². The first-order valence-electron chi connectivity index (χ1n) is 6.04. The van der Waals surface area contributed by atoms with Crippen molar-refractivity contribution in [1.82, 2.24) is 5.32 Å². The van der Waals surface area contributed by atoms with E-state index in [1.54, 1.807) is 6.07 Å². The fourth-order valence-corrected chi connectivity index (χ4v) is 2.28. The van der Waals surface area contributed by atoms with Crippen molar-refractivity contribution in [3.8, 4) is 0 Å². The van der Waals surface area contributed by atoms with Crippen molar-refractivity contribution < 1.29 is 4.79 Å². The molecular formula is C13H21N3OS. The highest BCUT2D eigenvalue weighted by Gasteiger charge is 2.10. The number of aryl methyl sites for hydroxylation is 1. The number of amides is 1. The molecule has 4 nitrogen and oxygen atoms in total. The third-order valence-corrected chi connectivity index (χ3v) is 3.74. The zero-order valence-electron chi connectivity index (χ0n) is 11.1. The minimum Gasteiger partial charge on any atom is -0.349 e. The second-order valence-corrected chi connectivity index (χ2v) is 5.53. The Morgan fingerprint density at radius 3 is 2.78 bits per heavy atom. The quantitative estimate of drug-likeness (QED) is 0.546. The molecule has 1 aromatic carbocycles. The summed E-state index contributed by atoms with van der Waals surface area (Å²) in [7, 11) is 0. The van der Waals surface area contributed by atoms with Gasteiger partial charge in [-0.3, -0.25) is 10.6 Å². The molecule has 0 aliphatic carbocycles. The molecule has 1 rings (SSSR count). The highest BCUT2D eigenvalue weighted by Crippen LogP contribution is 2.15. The fourth-order valence-electron chi connectivity index (χ4n) is 1.61. The molecule has 0 radical (unpaired) electrons. The summed E-state index contributed by atoms with van der Waals surface area (Å²) in [6.45, 7) is 6.05. The summed E-state index contributed by atoms with van der Waals surface area (Å²) in [5.41, 5.74) is 5.05. The van der Waals surface area contributed by atoms with Crippen molar-refractivity contribution in [3.05, 3.63) is 29.3 Å². The van der Waals surface area contributed by atoms with Crippen LogP contribution in [-0.2, 0) is 0 Å². The van der Waals surface area contributed by atoms with Gasteiger partial charge >= 0.3 is 0 Å². The van der Waals surface area contributed by atoms with E-state index in [1.165, 1.54) is 0 Å². The number of carbonyl (C=O) groups is 1. The summed E-state index contributed by atoms with van der Waals surface area (Å²) >= 11 is 1.82. The topological polar surface area (TPSA) is 67.2 Å². The molecule has 5 heteroatoms. The number of nitrogen functional groups attached to an aromatic ring is 1. The van der Waals surface area contributed by atoms with E-state index in [-0.39, 0.29) is 11.9 Å². The molecule has 100 valence electrons. The zero-order chi connectivity index (χ0) is 13.5. The van der Waals surface area contributed by atoms with Crippen molar-refractivity contribution >= 4 is 23.4 Å². The first kappa shape index (κ1) is 14.9. The maximum Gasteiger partial charge on any atom is 0.251 e. The molecule has 18 heavy (non-hydrogen) atoms. The summed E-state index contributed by atoms with van der Waals surface area (Å²) in [6.07, 6.45) is 0. The highest BCUT2D eigenvalue weighted by molar-refractivity contribution is 7.99. The van der Waals surface area contributed by atoms with E-state index in [9.17, 15) is 4.79 Å². The molecular weight excluding hydrogens is 246 g/mol. The van der Waals surface area contributed by atoms with E-state index in [2.05, 4.69) is 17.7 Å². The van der Waals surface area contributed by atoms with Crippen molar-refractivity contribution in [2.75, 3.05) is 16.9 Å². The van der Waals surface area contributed by atoms with E-state index in [4.69, 9.17) is 5.84 Å². The first-order valence-corrected chi connectivity index (χ1v) is 7.19. The summed E-state index contributed by atoms with van der Waals surface area (Å²) in [4.78, 5) is 12.0. The van der Waals surface area contributed by atoms with Crippen molar-refractivity contribution in [2.24, 2.45) is 5.84 Å². The Morgan fingerprint density at radius 2 is 2.22 bits per heavy atom. The van der Waals surface area contributed by atoms with E-state index < -0.39 is 0 Å². The normalized spacial score (nSPS) is 12.0. The third-order valence-electron chi connectivity index (χ3n) is 2.59. The van der Waals surface area contributed by atoms with Crippen LogP contribution in [0.25, 0.3) is 0 Å². The summed E-state index contributed by atoms with van der Waals surface area (Å²) in [6, 6.07) is 5.60. The van der Waals surface area contributed by atoms with Crippen LogP contribution in [0.15, 0.2) is 18.2 Å². The van der Waals surface area contributed by atoms with Gasteiger partial charge in [0.25, 0.3) is 5.91 Å². The largest absolute Gasteiger partial charge is 0.349 e.